The van der Waals surface area contributed by atoms with Gasteiger partial charge < -0.3 is 19.5 Å². The lowest BCUT2D eigenvalue weighted by molar-refractivity contribution is 0.0634. The summed E-state index contributed by atoms with van der Waals surface area (Å²) in [5, 5.41) is 2.82. The molecule has 1 fully saturated rings. The smallest absolute Gasteiger partial charge is 0.317 e. The fourth-order valence-corrected chi connectivity index (χ4v) is 2.46. The molecule has 0 aromatic carbocycles. The van der Waals surface area contributed by atoms with E-state index in [0.29, 0.717) is 44.2 Å². The molecule has 1 aliphatic heterocycles. The third-order valence-electron chi connectivity index (χ3n) is 3.84. The number of hydrogen-bond donors (Lipinski definition) is 1. The first-order valence-corrected chi connectivity index (χ1v) is 7.76. The number of aryl methyl sites for hydroxylation is 1. The van der Waals surface area contributed by atoms with Crippen molar-refractivity contribution in [3.63, 3.8) is 0 Å². The maximum absolute atomic E-state index is 12.2. The number of amides is 3. The first-order valence-electron chi connectivity index (χ1n) is 7.76. The maximum Gasteiger partial charge on any atom is 0.317 e. The van der Waals surface area contributed by atoms with Crippen LogP contribution in [-0.2, 0) is 6.54 Å². The largest absolute Gasteiger partial charge is 0.459 e. The van der Waals surface area contributed by atoms with Crippen LogP contribution in [0.1, 0.15) is 21.9 Å². The average Bonchev–Trinajstić information content (AvgIpc) is 3.15. The molecule has 0 bridgehead atoms. The number of furan rings is 1. The second-order valence-corrected chi connectivity index (χ2v) is 5.56. The molecule has 24 heavy (non-hydrogen) atoms. The number of carbonyl (C=O) groups is 2. The van der Waals surface area contributed by atoms with Gasteiger partial charge in [-0.25, -0.2) is 4.79 Å². The van der Waals surface area contributed by atoms with Crippen molar-refractivity contribution in [3.05, 3.63) is 47.9 Å². The van der Waals surface area contributed by atoms with Gasteiger partial charge in [0.1, 0.15) is 0 Å². The highest BCUT2D eigenvalue weighted by Crippen LogP contribution is 2.09. The van der Waals surface area contributed by atoms with Crippen LogP contribution in [0.3, 0.4) is 0 Å². The molecule has 126 valence electrons. The van der Waals surface area contributed by atoms with Gasteiger partial charge in [0.2, 0.25) is 0 Å². The van der Waals surface area contributed by atoms with E-state index in [1.54, 1.807) is 34.3 Å². The number of carbonyl (C=O) groups excluding carboxylic acids is 2. The molecule has 0 saturated carbocycles. The van der Waals surface area contributed by atoms with E-state index in [9.17, 15) is 9.59 Å². The highest BCUT2D eigenvalue weighted by atomic mass is 16.3. The van der Waals surface area contributed by atoms with Crippen molar-refractivity contribution in [2.75, 3.05) is 26.2 Å². The molecule has 1 N–H and O–H groups in total. The number of piperazine rings is 1. The number of urea groups is 1. The average molecular weight is 329 g/mol. The zero-order valence-corrected chi connectivity index (χ0v) is 13.4. The van der Waals surface area contributed by atoms with Gasteiger partial charge in [-0.05, 0) is 19.1 Å². The summed E-state index contributed by atoms with van der Waals surface area (Å²) in [5.74, 6) is 0.181. The normalized spacial score (nSPS) is 14.5. The summed E-state index contributed by atoms with van der Waals surface area (Å²) in [5.41, 5.74) is 1.54. The Hall–Kier alpha value is -2.90. The van der Waals surface area contributed by atoms with Gasteiger partial charge in [-0.1, -0.05) is 0 Å². The summed E-state index contributed by atoms with van der Waals surface area (Å²) < 4.78 is 5.12. The SMILES string of the molecule is Cc1cnc(CNC(=O)N2CCN(C(=O)c3ccco3)CC2)cn1. The first kappa shape index (κ1) is 16.0. The third kappa shape index (κ3) is 3.70. The number of rotatable bonds is 3. The molecule has 2 aromatic rings. The molecule has 0 radical (unpaired) electrons. The molecule has 1 aliphatic rings. The lowest BCUT2D eigenvalue weighted by Gasteiger charge is -2.34. The Morgan fingerprint density at radius 3 is 2.54 bits per heavy atom. The number of nitrogens with one attached hydrogen (secondary N) is 1. The summed E-state index contributed by atoms with van der Waals surface area (Å²) >= 11 is 0. The van der Waals surface area contributed by atoms with Crippen LogP contribution in [0.15, 0.2) is 35.2 Å². The number of nitrogens with zero attached hydrogens (tertiary/aromatic N) is 4. The van der Waals surface area contributed by atoms with E-state index >= 15 is 0 Å². The molecule has 0 unspecified atom stereocenters. The van der Waals surface area contributed by atoms with Crippen LogP contribution in [0.2, 0.25) is 0 Å². The second kappa shape index (κ2) is 7.12. The van der Waals surface area contributed by atoms with Crippen molar-refractivity contribution < 1.29 is 14.0 Å². The van der Waals surface area contributed by atoms with Gasteiger partial charge in [-0.3, -0.25) is 14.8 Å². The van der Waals surface area contributed by atoms with Gasteiger partial charge in [-0.15, -0.1) is 0 Å². The van der Waals surface area contributed by atoms with Crippen molar-refractivity contribution in [2.24, 2.45) is 0 Å². The maximum atomic E-state index is 12.2. The molecule has 0 aliphatic carbocycles. The van der Waals surface area contributed by atoms with Crippen LogP contribution in [0.25, 0.3) is 0 Å². The van der Waals surface area contributed by atoms with E-state index in [-0.39, 0.29) is 11.9 Å². The lowest BCUT2D eigenvalue weighted by Crippen LogP contribution is -2.53. The van der Waals surface area contributed by atoms with E-state index in [2.05, 4.69) is 15.3 Å². The summed E-state index contributed by atoms with van der Waals surface area (Å²) in [6.45, 7) is 4.13. The number of aromatic nitrogens is 2. The molecule has 3 heterocycles. The molecule has 3 rings (SSSR count). The van der Waals surface area contributed by atoms with E-state index in [1.165, 1.54) is 6.26 Å². The molecule has 1 saturated heterocycles. The summed E-state index contributed by atoms with van der Waals surface area (Å²) in [4.78, 5) is 36.1. The Kier molecular flexibility index (Phi) is 4.74. The lowest BCUT2D eigenvalue weighted by atomic mass is 10.3. The van der Waals surface area contributed by atoms with Crippen molar-refractivity contribution >= 4 is 11.9 Å². The van der Waals surface area contributed by atoms with Gasteiger partial charge >= 0.3 is 6.03 Å². The molecular formula is C16H19N5O3. The first-order chi connectivity index (χ1) is 11.6. The van der Waals surface area contributed by atoms with Crippen LogP contribution < -0.4 is 5.32 Å². The van der Waals surface area contributed by atoms with Crippen molar-refractivity contribution in [3.8, 4) is 0 Å². The van der Waals surface area contributed by atoms with E-state index in [0.717, 1.165) is 5.69 Å². The zero-order valence-electron chi connectivity index (χ0n) is 13.4. The molecule has 8 heteroatoms. The van der Waals surface area contributed by atoms with Gasteiger partial charge in [0, 0.05) is 32.4 Å². The summed E-state index contributed by atoms with van der Waals surface area (Å²) in [6.07, 6.45) is 4.79. The van der Waals surface area contributed by atoms with Gasteiger partial charge in [0.25, 0.3) is 5.91 Å². The Morgan fingerprint density at radius 1 is 1.17 bits per heavy atom. The van der Waals surface area contributed by atoms with Crippen LogP contribution in [-0.4, -0.2) is 57.9 Å². The van der Waals surface area contributed by atoms with Crippen LogP contribution in [0, 0.1) is 6.92 Å². The second-order valence-electron chi connectivity index (χ2n) is 5.56. The highest BCUT2D eigenvalue weighted by molar-refractivity contribution is 5.91. The van der Waals surface area contributed by atoms with Gasteiger partial charge in [0.05, 0.1) is 30.4 Å². The fraction of sp³-hybridized carbons (Fsp3) is 0.375. The molecule has 8 nitrogen and oxygen atoms in total. The standard InChI is InChI=1S/C16H19N5O3/c1-12-9-18-13(10-17-12)11-19-16(23)21-6-4-20(5-7-21)15(22)14-3-2-8-24-14/h2-3,8-10H,4-7,11H2,1H3,(H,19,23). The Labute approximate surface area is 139 Å². The molecule has 2 aromatic heterocycles. The Morgan fingerprint density at radius 2 is 1.92 bits per heavy atom. The van der Waals surface area contributed by atoms with Crippen molar-refractivity contribution in [1.82, 2.24) is 25.1 Å². The van der Waals surface area contributed by atoms with Crippen LogP contribution in [0.5, 0.6) is 0 Å². The molecule has 0 atom stereocenters. The molecular weight excluding hydrogens is 310 g/mol. The van der Waals surface area contributed by atoms with Crippen LogP contribution >= 0.6 is 0 Å². The van der Waals surface area contributed by atoms with Crippen LogP contribution in [0.4, 0.5) is 4.79 Å². The Balaban J connectivity index is 1.46. The quantitative estimate of drug-likeness (QED) is 0.908. The minimum Gasteiger partial charge on any atom is -0.459 e. The number of hydrogen-bond acceptors (Lipinski definition) is 5. The summed E-state index contributed by atoms with van der Waals surface area (Å²) in [6, 6.07) is 3.16. The highest BCUT2D eigenvalue weighted by Gasteiger charge is 2.25. The van der Waals surface area contributed by atoms with E-state index in [4.69, 9.17) is 4.42 Å². The predicted molar refractivity (Wildman–Crippen MR) is 85.2 cm³/mol. The monoisotopic (exact) mass is 329 g/mol. The fourth-order valence-electron chi connectivity index (χ4n) is 2.46. The van der Waals surface area contributed by atoms with Crippen molar-refractivity contribution in [2.45, 2.75) is 13.5 Å². The third-order valence-corrected chi connectivity index (χ3v) is 3.84. The summed E-state index contributed by atoms with van der Waals surface area (Å²) in [7, 11) is 0. The van der Waals surface area contributed by atoms with Gasteiger partial charge in [0.15, 0.2) is 5.76 Å². The van der Waals surface area contributed by atoms with E-state index in [1.807, 2.05) is 6.92 Å². The molecule has 0 spiro atoms. The van der Waals surface area contributed by atoms with Gasteiger partial charge in [-0.2, -0.15) is 0 Å². The minimum atomic E-state index is -0.164. The van der Waals surface area contributed by atoms with E-state index < -0.39 is 0 Å². The zero-order chi connectivity index (χ0) is 16.9. The minimum absolute atomic E-state index is 0.144. The Bertz CT molecular complexity index is 691. The topological polar surface area (TPSA) is 91.6 Å². The molecule has 3 amide bonds. The van der Waals surface area contributed by atoms with Crippen molar-refractivity contribution in [1.29, 1.82) is 0 Å². The predicted octanol–water partition coefficient (Wildman–Crippen LogP) is 1.05.